The van der Waals surface area contributed by atoms with Crippen molar-refractivity contribution in [3.63, 3.8) is 0 Å². The second-order valence-electron chi connectivity index (χ2n) is 4.54. The van der Waals surface area contributed by atoms with Crippen molar-refractivity contribution >= 4 is 33.7 Å². The van der Waals surface area contributed by atoms with Gasteiger partial charge in [-0.3, -0.25) is 14.4 Å². The third kappa shape index (κ3) is 1.70. The van der Waals surface area contributed by atoms with Gasteiger partial charge in [-0.25, -0.2) is 5.01 Å². The number of esters is 1. The minimum absolute atomic E-state index is 0.246. The van der Waals surface area contributed by atoms with Gasteiger partial charge in [0, 0.05) is 5.33 Å². The highest BCUT2D eigenvalue weighted by Gasteiger charge is 2.60. The molecule has 2 amide bonds. The number of carbonyl (C=O) groups is 3. The third-order valence-corrected chi connectivity index (χ3v) is 4.17. The van der Waals surface area contributed by atoms with E-state index in [0.29, 0.717) is 16.5 Å². The predicted octanol–water partition coefficient (Wildman–Crippen LogP) is 0.818. The van der Waals surface area contributed by atoms with E-state index in [0.717, 1.165) is 5.01 Å². The van der Waals surface area contributed by atoms with Crippen LogP contribution in [0, 0.1) is 0 Å². The van der Waals surface area contributed by atoms with Gasteiger partial charge < -0.3 is 4.74 Å². The van der Waals surface area contributed by atoms with Crippen LogP contribution in [0.4, 0.5) is 0 Å². The number of fused-ring (bicyclic) bond motifs is 1. The Bertz CT molecular complexity index is 583. The fraction of sp³-hybridized carbons (Fsp3) is 0.308. The molecule has 20 heavy (non-hydrogen) atoms. The van der Waals surface area contributed by atoms with Crippen LogP contribution in [0.5, 0.6) is 0 Å². The summed E-state index contributed by atoms with van der Waals surface area (Å²) in [4.78, 5) is 36.3. The van der Waals surface area contributed by atoms with Gasteiger partial charge in [0.15, 0.2) is 0 Å². The summed E-state index contributed by atoms with van der Waals surface area (Å²) in [6.45, 7) is 0. The maximum absolute atomic E-state index is 12.3. The number of amides is 2. The molecule has 0 aromatic heterocycles. The third-order valence-electron chi connectivity index (χ3n) is 3.50. The normalized spacial score (nSPS) is 27.5. The molecule has 1 fully saturated rings. The zero-order valence-corrected chi connectivity index (χ0v) is 12.2. The molecule has 7 heteroatoms. The van der Waals surface area contributed by atoms with E-state index in [-0.39, 0.29) is 6.04 Å². The molecule has 2 aliphatic heterocycles. The van der Waals surface area contributed by atoms with Crippen molar-refractivity contribution in [3.8, 4) is 0 Å². The van der Waals surface area contributed by atoms with E-state index in [4.69, 9.17) is 4.74 Å². The first-order valence-electron chi connectivity index (χ1n) is 6.01. The lowest BCUT2D eigenvalue weighted by Gasteiger charge is -2.15. The van der Waals surface area contributed by atoms with Crippen molar-refractivity contribution in [1.29, 1.82) is 0 Å². The Morgan fingerprint density at radius 3 is 2.25 bits per heavy atom. The van der Waals surface area contributed by atoms with Gasteiger partial charge in [-0.1, -0.05) is 28.1 Å². The Kier molecular flexibility index (Phi) is 3.10. The summed E-state index contributed by atoms with van der Waals surface area (Å²) in [6.07, 6.45) is 0. The Morgan fingerprint density at radius 2 is 1.80 bits per heavy atom. The highest BCUT2D eigenvalue weighted by molar-refractivity contribution is 9.09. The lowest BCUT2D eigenvalue weighted by atomic mass is 10.1. The highest BCUT2D eigenvalue weighted by Crippen LogP contribution is 2.37. The average Bonchev–Trinajstić information content (AvgIpc) is 3.14. The van der Waals surface area contributed by atoms with Crippen molar-refractivity contribution in [2.45, 2.75) is 12.1 Å². The quantitative estimate of drug-likeness (QED) is 0.353. The molecule has 0 saturated carbocycles. The monoisotopic (exact) mass is 338 g/mol. The van der Waals surface area contributed by atoms with Gasteiger partial charge >= 0.3 is 5.97 Å². The number of imide groups is 1. The van der Waals surface area contributed by atoms with Gasteiger partial charge in [0.1, 0.15) is 6.04 Å². The molecule has 2 heterocycles. The number of nitrogens with zero attached hydrogens (tertiary/aromatic N) is 2. The maximum atomic E-state index is 12.3. The van der Waals surface area contributed by atoms with Crippen LogP contribution in [0.1, 0.15) is 20.7 Å². The fourth-order valence-electron chi connectivity index (χ4n) is 2.47. The van der Waals surface area contributed by atoms with Gasteiger partial charge in [-0.15, -0.1) is 0 Å². The van der Waals surface area contributed by atoms with Gasteiger partial charge in [-0.05, 0) is 12.1 Å². The molecule has 6 nitrogen and oxygen atoms in total. The molecule has 1 aromatic carbocycles. The number of rotatable bonds is 3. The van der Waals surface area contributed by atoms with Crippen LogP contribution in [-0.4, -0.2) is 52.3 Å². The molecule has 0 aliphatic carbocycles. The standard InChI is InChI=1S/C13H11BrN2O4/c1-20-13(19)10-9(6-14)15(10)16-11(17)7-4-2-3-5-8(7)12(16)18/h2-5,9-10H,6H2,1H3/t9-,10+,15?/m1/s1. The van der Waals surface area contributed by atoms with Crippen LogP contribution < -0.4 is 0 Å². The van der Waals surface area contributed by atoms with Gasteiger partial charge in [0.05, 0.1) is 24.3 Å². The van der Waals surface area contributed by atoms with Gasteiger partial charge in [0.25, 0.3) is 11.8 Å². The zero-order valence-electron chi connectivity index (χ0n) is 10.6. The van der Waals surface area contributed by atoms with E-state index in [1.807, 2.05) is 0 Å². The molecule has 2 aliphatic rings. The van der Waals surface area contributed by atoms with Crippen molar-refractivity contribution in [1.82, 2.24) is 10.0 Å². The lowest BCUT2D eigenvalue weighted by Crippen LogP contribution is -2.38. The minimum atomic E-state index is -0.596. The number of hydrogen-bond acceptors (Lipinski definition) is 5. The molecule has 0 N–H and O–H groups in total. The number of hydrazine groups is 1. The number of ether oxygens (including phenoxy) is 1. The van der Waals surface area contributed by atoms with E-state index in [1.54, 1.807) is 24.3 Å². The minimum Gasteiger partial charge on any atom is -0.468 e. The predicted molar refractivity (Wildman–Crippen MR) is 72.2 cm³/mol. The first-order valence-corrected chi connectivity index (χ1v) is 7.13. The second-order valence-corrected chi connectivity index (χ2v) is 5.18. The molecule has 104 valence electrons. The molecule has 0 radical (unpaired) electrons. The first-order chi connectivity index (χ1) is 9.61. The van der Waals surface area contributed by atoms with Crippen LogP contribution >= 0.6 is 15.9 Å². The van der Waals surface area contributed by atoms with Crippen LogP contribution in [0.15, 0.2) is 24.3 Å². The second kappa shape index (κ2) is 4.68. The summed E-state index contributed by atoms with van der Waals surface area (Å²) in [6, 6.07) is 5.78. The summed E-state index contributed by atoms with van der Waals surface area (Å²) in [5, 5.41) is 2.98. The SMILES string of the molecule is COC(=O)[C@@H]1[C@@H](CBr)N1N1C(=O)c2ccccc2C1=O. The summed E-state index contributed by atoms with van der Waals surface area (Å²) in [7, 11) is 1.28. The van der Waals surface area contributed by atoms with Crippen LogP contribution in [0.25, 0.3) is 0 Å². The number of methoxy groups -OCH3 is 1. The maximum Gasteiger partial charge on any atom is 0.326 e. The van der Waals surface area contributed by atoms with E-state index >= 15 is 0 Å². The largest absolute Gasteiger partial charge is 0.468 e. The number of carbonyl (C=O) groups excluding carboxylic acids is 3. The Balaban J connectivity index is 1.92. The van der Waals surface area contributed by atoms with E-state index in [2.05, 4.69) is 15.9 Å². The topological polar surface area (TPSA) is 66.7 Å². The van der Waals surface area contributed by atoms with Crippen molar-refractivity contribution in [2.24, 2.45) is 0 Å². The fourth-order valence-corrected chi connectivity index (χ4v) is 3.12. The zero-order chi connectivity index (χ0) is 14.4. The molecular formula is C13H11BrN2O4. The number of halogens is 1. The van der Waals surface area contributed by atoms with Gasteiger partial charge in [0.2, 0.25) is 0 Å². The van der Waals surface area contributed by atoms with Crippen molar-refractivity contribution in [2.75, 3.05) is 12.4 Å². The molecule has 0 bridgehead atoms. The van der Waals surface area contributed by atoms with Crippen molar-refractivity contribution in [3.05, 3.63) is 35.4 Å². The summed E-state index contributed by atoms with van der Waals surface area (Å²) >= 11 is 3.28. The number of hydrogen-bond donors (Lipinski definition) is 0. The van der Waals surface area contributed by atoms with E-state index in [1.165, 1.54) is 12.1 Å². The average molecular weight is 339 g/mol. The van der Waals surface area contributed by atoms with Crippen molar-refractivity contribution < 1.29 is 19.1 Å². The summed E-state index contributed by atoms with van der Waals surface area (Å²) in [5.74, 6) is -1.25. The number of alkyl halides is 1. The van der Waals surface area contributed by atoms with Crippen LogP contribution in [-0.2, 0) is 9.53 Å². The molecule has 3 rings (SSSR count). The molecule has 3 atom stereocenters. The Hall–Kier alpha value is -1.73. The van der Waals surface area contributed by atoms with E-state index < -0.39 is 23.8 Å². The van der Waals surface area contributed by atoms with Crippen LogP contribution in [0.3, 0.4) is 0 Å². The molecule has 1 saturated heterocycles. The Labute approximate surface area is 123 Å². The first kappa shape index (κ1) is 13.3. The summed E-state index contributed by atoms with van der Waals surface area (Å²) < 4.78 is 4.69. The number of benzene rings is 1. The lowest BCUT2D eigenvalue weighted by molar-refractivity contribution is -0.141. The van der Waals surface area contributed by atoms with Gasteiger partial charge in [-0.2, -0.15) is 5.01 Å². The molecular weight excluding hydrogens is 328 g/mol. The smallest absolute Gasteiger partial charge is 0.326 e. The molecule has 1 aromatic rings. The van der Waals surface area contributed by atoms with Crippen LogP contribution in [0.2, 0.25) is 0 Å². The molecule has 1 unspecified atom stereocenters. The van der Waals surface area contributed by atoms with E-state index in [9.17, 15) is 14.4 Å². The Morgan fingerprint density at radius 1 is 1.25 bits per heavy atom. The molecule has 0 spiro atoms. The summed E-state index contributed by atoms with van der Waals surface area (Å²) in [5.41, 5.74) is 0.725. The highest BCUT2D eigenvalue weighted by atomic mass is 79.9.